The van der Waals surface area contributed by atoms with Crippen LogP contribution in [-0.2, 0) is 10.8 Å². The van der Waals surface area contributed by atoms with Crippen molar-refractivity contribution >= 4 is 49.6 Å². The van der Waals surface area contributed by atoms with Crippen LogP contribution in [0.4, 0.5) is 17.1 Å². The molecule has 2 heteroatoms. The molecule has 54 heavy (non-hydrogen) atoms. The minimum absolute atomic E-state index is 0.0718. The predicted molar refractivity (Wildman–Crippen MR) is 228 cm³/mol. The molecule has 1 aromatic heterocycles. The van der Waals surface area contributed by atoms with E-state index < -0.39 is 0 Å². The van der Waals surface area contributed by atoms with Gasteiger partial charge in [0.2, 0.25) is 0 Å². The Balaban J connectivity index is 1.06. The van der Waals surface area contributed by atoms with Gasteiger partial charge in [0.15, 0.2) is 0 Å². The first-order valence-corrected chi connectivity index (χ1v) is 19.1. The van der Waals surface area contributed by atoms with Crippen LogP contribution >= 0.6 is 0 Å². The zero-order chi connectivity index (χ0) is 36.3. The maximum absolute atomic E-state index is 2.52. The van der Waals surface area contributed by atoms with E-state index in [1.165, 1.54) is 88.5 Å². The Morgan fingerprint density at radius 3 is 1.85 bits per heavy atom. The van der Waals surface area contributed by atoms with E-state index in [4.69, 9.17) is 0 Å². The van der Waals surface area contributed by atoms with Crippen LogP contribution in [0.1, 0.15) is 49.9 Å². The van der Waals surface area contributed by atoms with Crippen molar-refractivity contribution in [2.45, 2.75) is 38.5 Å². The highest BCUT2D eigenvalue weighted by atomic mass is 15.1. The largest absolute Gasteiger partial charge is 0.310 e. The van der Waals surface area contributed by atoms with Gasteiger partial charge in [0, 0.05) is 38.7 Å². The summed E-state index contributed by atoms with van der Waals surface area (Å²) in [5, 5.41) is 5.16. The van der Waals surface area contributed by atoms with E-state index in [0.29, 0.717) is 0 Å². The topological polar surface area (TPSA) is 8.17 Å². The lowest BCUT2D eigenvalue weighted by molar-refractivity contribution is 0.631. The minimum Gasteiger partial charge on any atom is -0.310 e. The van der Waals surface area contributed by atoms with E-state index in [1.54, 1.807) is 0 Å². The molecular weight excluding hydrogens is 653 g/mol. The zero-order valence-electron chi connectivity index (χ0n) is 31.1. The summed E-state index contributed by atoms with van der Waals surface area (Å²) in [7, 11) is 0. The van der Waals surface area contributed by atoms with E-state index in [1.807, 2.05) is 0 Å². The van der Waals surface area contributed by atoms with Crippen LogP contribution in [0.5, 0.6) is 0 Å². The predicted octanol–water partition coefficient (Wildman–Crippen LogP) is 14.0. The summed E-state index contributed by atoms with van der Waals surface area (Å²) in [6.07, 6.45) is 0. The molecule has 2 heterocycles. The number of hydrogen-bond donors (Lipinski definition) is 0. The molecular formula is C52H40N2. The van der Waals surface area contributed by atoms with E-state index in [0.717, 1.165) is 11.4 Å². The Labute approximate surface area is 316 Å². The van der Waals surface area contributed by atoms with Gasteiger partial charge in [0.1, 0.15) is 0 Å². The zero-order valence-corrected chi connectivity index (χ0v) is 31.1. The van der Waals surface area contributed by atoms with Crippen LogP contribution in [0.15, 0.2) is 170 Å². The third kappa shape index (κ3) is 4.28. The molecule has 0 N–H and O–H groups in total. The van der Waals surface area contributed by atoms with Crippen molar-refractivity contribution < 1.29 is 0 Å². The van der Waals surface area contributed by atoms with Gasteiger partial charge in [-0.1, -0.05) is 131 Å². The number of benzene rings is 8. The number of para-hydroxylation sites is 2. The average Bonchev–Trinajstić information content (AvgIpc) is 3.66. The molecule has 0 bridgehead atoms. The molecule has 0 fully saturated rings. The van der Waals surface area contributed by atoms with E-state index in [2.05, 4.69) is 207 Å². The second-order valence-electron chi connectivity index (χ2n) is 16.2. The van der Waals surface area contributed by atoms with Crippen LogP contribution in [0.3, 0.4) is 0 Å². The summed E-state index contributed by atoms with van der Waals surface area (Å²) < 4.78 is 2.52. The Morgan fingerprint density at radius 1 is 0.407 bits per heavy atom. The van der Waals surface area contributed by atoms with Crippen LogP contribution in [-0.4, -0.2) is 4.57 Å². The molecule has 258 valence electrons. The highest BCUT2D eigenvalue weighted by Gasteiger charge is 2.37. The number of nitrogens with zero attached hydrogens (tertiary/aromatic N) is 2. The molecule has 11 rings (SSSR count). The van der Waals surface area contributed by atoms with Gasteiger partial charge in [-0.2, -0.15) is 0 Å². The SMILES string of the molecule is CC1(C)c2ccccc2-c2ccc(N(c3ccccc3)c3ccc(-c4cc5c6c(c4)c4ccccc4n6-c4cc6ccccc6cc4C5(C)C)cc3)cc21. The van der Waals surface area contributed by atoms with Crippen molar-refractivity contribution in [1.82, 2.24) is 4.57 Å². The second-order valence-corrected chi connectivity index (χ2v) is 16.2. The fourth-order valence-electron chi connectivity index (χ4n) is 9.71. The molecule has 0 saturated heterocycles. The molecule has 1 aliphatic carbocycles. The van der Waals surface area contributed by atoms with Gasteiger partial charge in [-0.15, -0.1) is 0 Å². The summed E-state index contributed by atoms with van der Waals surface area (Å²) in [6, 6.07) is 63.2. The number of hydrogen-bond acceptors (Lipinski definition) is 1. The first-order chi connectivity index (χ1) is 26.3. The standard InChI is InChI=1S/C52H40N2/c1-51(2)44-20-12-10-18-40(44)41-27-26-39(32-45(41)51)53(37-16-6-5-7-17-37)38-24-22-33(23-25-38)36-28-43-42-19-11-13-21-48(42)54-49-31-35-15-9-8-14-34(35)29-46(49)52(3,4)47(30-36)50(43)54/h5-32H,1-4H3. The Bertz CT molecular complexity index is 2980. The van der Waals surface area contributed by atoms with Crippen LogP contribution in [0, 0.1) is 0 Å². The van der Waals surface area contributed by atoms with E-state index >= 15 is 0 Å². The number of rotatable bonds is 4. The third-order valence-corrected chi connectivity index (χ3v) is 12.5. The van der Waals surface area contributed by atoms with Crippen molar-refractivity contribution in [3.63, 3.8) is 0 Å². The smallest absolute Gasteiger partial charge is 0.0582 e. The lowest BCUT2D eigenvalue weighted by atomic mass is 9.73. The Morgan fingerprint density at radius 2 is 1.04 bits per heavy atom. The van der Waals surface area contributed by atoms with Crippen LogP contribution in [0.25, 0.3) is 60.5 Å². The lowest BCUT2D eigenvalue weighted by Gasteiger charge is -2.35. The number of fused-ring (bicyclic) bond motifs is 9. The average molecular weight is 693 g/mol. The van der Waals surface area contributed by atoms with Gasteiger partial charge in [0.25, 0.3) is 0 Å². The van der Waals surface area contributed by atoms with Crippen molar-refractivity contribution in [3.05, 3.63) is 192 Å². The van der Waals surface area contributed by atoms with Gasteiger partial charge >= 0.3 is 0 Å². The molecule has 0 amide bonds. The maximum atomic E-state index is 2.52. The lowest BCUT2D eigenvalue weighted by Crippen LogP contribution is -2.26. The third-order valence-electron chi connectivity index (χ3n) is 12.5. The molecule has 9 aromatic rings. The normalized spacial score (nSPS) is 14.6. The van der Waals surface area contributed by atoms with Gasteiger partial charge in [-0.05, 0) is 122 Å². The summed E-state index contributed by atoms with van der Waals surface area (Å²) >= 11 is 0. The highest BCUT2D eigenvalue weighted by molar-refractivity contribution is 6.13. The summed E-state index contributed by atoms with van der Waals surface area (Å²) in [5.41, 5.74) is 17.7. The van der Waals surface area contributed by atoms with E-state index in [-0.39, 0.29) is 10.8 Å². The van der Waals surface area contributed by atoms with Crippen LogP contribution in [0.2, 0.25) is 0 Å². The molecule has 2 nitrogen and oxygen atoms in total. The fourth-order valence-corrected chi connectivity index (χ4v) is 9.71. The second kappa shape index (κ2) is 11.1. The Hall–Kier alpha value is -6.38. The minimum atomic E-state index is -0.191. The van der Waals surface area contributed by atoms with Crippen molar-refractivity contribution in [1.29, 1.82) is 0 Å². The van der Waals surface area contributed by atoms with Gasteiger partial charge in [-0.3, -0.25) is 0 Å². The monoisotopic (exact) mass is 692 g/mol. The fraction of sp³-hybridized carbons (Fsp3) is 0.115. The molecule has 0 saturated carbocycles. The first kappa shape index (κ1) is 31.2. The first-order valence-electron chi connectivity index (χ1n) is 19.1. The Kier molecular flexibility index (Phi) is 6.39. The highest BCUT2D eigenvalue weighted by Crippen LogP contribution is 2.52. The molecule has 1 aliphatic heterocycles. The summed E-state index contributed by atoms with van der Waals surface area (Å²) in [6.45, 7) is 9.51. The van der Waals surface area contributed by atoms with Crippen molar-refractivity contribution in [2.24, 2.45) is 0 Å². The maximum Gasteiger partial charge on any atom is 0.0582 e. The molecule has 0 unspecified atom stereocenters. The molecule has 8 aromatic carbocycles. The number of anilines is 3. The van der Waals surface area contributed by atoms with Gasteiger partial charge in [0.05, 0.1) is 16.7 Å². The molecule has 0 atom stereocenters. The molecule has 2 aliphatic rings. The summed E-state index contributed by atoms with van der Waals surface area (Å²) in [4.78, 5) is 2.40. The van der Waals surface area contributed by atoms with Crippen molar-refractivity contribution in [3.8, 4) is 27.9 Å². The number of aromatic nitrogens is 1. The van der Waals surface area contributed by atoms with Crippen LogP contribution < -0.4 is 4.90 Å². The quantitative estimate of drug-likeness (QED) is 0.178. The van der Waals surface area contributed by atoms with Gasteiger partial charge < -0.3 is 9.47 Å². The van der Waals surface area contributed by atoms with Gasteiger partial charge in [-0.25, -0.2) is 0 Å². The molecule has 0 radical (unpaired) electrons. The van der Waals surface area contributed by atoms with Crippen molar-refractivity contribution in [2.75, 3.05) is 4.90 Å². The molecule has 0 spiro atoms. The van der Waals surface area contributed by atoms with E-state index in [9.17, 15) is 0 Å². The summed E-state index contributed by atoms with van der Waals surface area (Å²) in [5.74, 6) is 0.